The molecule has 0 atom stereocenters. The fourth-order valence-corrected chi connectivity index (χ4v) is 3.86. The Morgan fingerprint density at radius 2 is 2.13 bits per heavy atom. The minimum absolute atomic E-state index is 0.147. The molecular formula is C16H13Br2N3OS. The quantitative estimate of drug-likeness (QED) is 0.530. The molecule has 0 saturated carbocycles. The number of benzene rings is 1. The van der Waals surface area contributed by atoms with Crippen LogP contribution >= 0.6 is 43.2 Å². The second-order valence-corrected chi connectivity index (χ2v) is 8.35. The van der Waals surface area contributed by atoms with E-state index in [1.807, 2.05) is 24.3 Å². The number of hydrogen-bond acceptors (Lipinski definition) is 4. The molecule has 0 aliphatic rings. The van der Waals surface area contributed by atoms with Gasteiger partial charge in [0, 0.05) is 15.8 Å². The van der Waals surface area contributed by atoms with Crippen LogP contribution in [0, 0.1) is 0 Å². The number of aromatic nitrogens is 2. The third-order valence-electron chi connectivity index (χ3n) is 3.24. The van der Waals surface area contributed by atoms with Gasteiger partial charge in [-0.15, -0.1) is 11.3 Å². The van der Waals surface area contributed by atoms with Gasteiger partial charge < -0.3 is 0 Å². The van der Waals surface area contributed by atoms with Crippen LogP contribution in [0.4, 0.5) is 0 Å². The molecule has 118 valence electrons. The van der Waals surface area contributed by atoms with Crippen molar-refractivity contribution in [3.63, 3.8) is 0 Å². The lowest BCUT2D eigenvalue weighted by atomic mass is 10.2. The van der Waals surface area contributed by atoms with Gasteiger partial charge >= 0.3 is 0 Å². The van der Waals surface area contributed by atoms with Crippen molar-refractivity contribution in [2.75, 3.05) is 0 Å². The standard InChI is InChI=1S/C16H13Br2N3OS/c1-2-3-15-20-13-6-4-10(17)8-12(13)16(22)21(15)19-9-11-5-7-14(18)23-11/h4-9H,2-3H2,1H3. The van der Waals surface area contributed by atoms with Crippen molar-refractivity contribution in [1.82, 2.24) is 9.66 Å². The molecule has 0 saturated heterocycles. The van der Waals surface area contributed by atoms with E-state index in [0.29, 0.717) is 23.1 Å². The normalized spacial score (nSPS) is 11.6. The predicted octanol–water partition coefficient (Wildman–Crippen LogP) is 4.82. The fraction of sp³-hybridized carbons (Fsp3) is 0.188. The number of halogens is 2. The lowest BCUT2D eigenvalue weighted by molar-refractivity contribution is 0.704. The minimum Gasteiger partial charge on any atom is -0.267 e. The van der Waals surface area contributed by atoms with Gasteiger partial charge in [0.1, 0.15) is 5.82 Å². The van der Waals surface area contributed by atoms with E-state index in [0.717, 1.165) is 19.6 Å². The molecule has 3 rings (SSSR count). The Labute approximate surface area is 154 Å². The highest BCUT2D eigenvalue weighted by Gasteiger charge is 2.10. The van der Waals surface area contributed by atoms with Crippen LogP contribution in [0.15, 0.2) is 48.5 Å². The zero-order chi connectivity index (χ0) is 16.4. The first-order valence-corrected chi connectivity index (χ1v) is 9.49. The Bertz CT molecular complexity index is 946. The molecule has 2 heterocycles. The minimum atomic E-state index is -0.147. The average Bonchev–Trinajstić information content (AvgIpc) is 2.94. The molecule has 0 aliphatic heterocycles. The van der Waals surface area contributed by atoms with Crippen LogP contribution in [0.1, 0.15) is 24.0 Å². The van der Waals surface area contributed by atoms with Crippen molar-refractivity contribution in [1.29, 1.82) is 0 Å². The molecule has 1 aromatic carbocycles. The lowest BCUT2D eigenvalue weighted by Crippen LogP contribution is -2.22. The van der Waals surface area contributed by atoms with Gasteiger partial charge in [0.2, 0.25) is 0 Å². The Kier molecular flexibility index (Phi) is 5.08. The maximum atomic E-state index is 12.8. The highest BCUT2D eigenvalue weighted by atomic mass is 79.9. The predicted molar refractivity (Wildman–Crippen MR) is 103 cm³/mol. The molecule has 0 aliphatic carbocycles. The molecule has 0 radical (unpaired) electrons. The molecule has 0 unspecified atom stereocenters. The zero-order valence-corrected chi connectivity index (χ0v) is 16.3. The van der Waals surface area contributed by atoms with E-state index in [1.165, 1.54) is 4.68 Å². The van der Waals surface area contributed by atoms with Gasteiger partial charge in [-0.2, -0.15) is 9.78 Å². The second kappa shape index (κ2) is 7.07. The van der Waals surface area contributed by atoms with Crippen LogP contribution in [0.2, 0.25) is 0 Å². The van der Waals surface area contributed by atoms with Gasteiger partial charge in [-0.05, 0) is 52.7 Å². The number of nitrogens with zero attached hydrogens (tertiary/aromatic N) is 3. The summed E-state index contributed by atoms with van der Waals surface area (Å²) in [7, 11) is 0. The highest BCUT2D eigenvalue weighted by molar-refractivity contribution is 9.11. The number of aryl methyl sites for hydroxylation is 1. The third kappa shape index (κ3) is 3.62. The van der Waals surface area contributed by atoms with Crippen LogP contribution in [-0.2, 0) is 6.42 Å². The molecule has 0 fully saturated rings. The van der Waals surface area contributed by atoms with Crippen molar-refractivity contribution in [3.05, 3.63) is 59.6 Å². The van der Waals surface area contributed by atoms with Crippen molar-refractivity contribution in [3.8, 4) is 0 Å². The molecule has 0 bridgehead atoms. The summed E-state index contributed by atoms with van der Waals surface area (Å²) in [6.07, 6.45) is 3.29. The first kappa shape index (κ1) is 16.5. The summed E-state index contributed by atoms with van der Waals surface area (Å²) in [5.41, 5.74) is 0.554. The van der Waals surface area contributed by atoms with Gasteiger partial charge in [0.25, 0.3) is 5.56 Å². The van der Waals surface area contributed by atoms with Crippen molar-refractivity contribution < 1.29 is 0 Å². The largest absolute Gasteiger partial charge is 0.282 e. The van der Waals surface area contributed by atoms with E-state index in [1.54, 1.807) is 23.6 Å². The molecule has 7 heteroatoms. The molecule has 0 amide bonds. The van der Waals surface area contributed by atoms with E-state index < -0.39 is 0 Å². The first-order chi connectivity index (χ1) is 11.1. The lowest BCUT2D eigenvalue weighted by Gasteiger charge is -2.08. The Morgan fingerprint density at radius 1 is 1.30 bits per heavy atom. The van der Waals surface area contributed by atoms with Crippen molar-refractivity contribution in [2.45, 2.75) is 19.8 Å². The average molecular weight is 455 g/mol. The number of hydrogen-bond donors (Lipinski definition) is 0. The van der Waals surface area contributed by atoms with Crippen LogP contribution in [0.5, 0.6) is 0 Å². The molecule has 3 aromatic rings. The molecule has 2 aromatic heterocycles. The summed E-state index contributed by atoms with van der Waals surface area (Å²) in [5, 5.41) is 4.94. The molecule has 0 spiro atoms. The van der Waals surface area contributed by atoms with Crippen molar-refractivity contribution in [2.24, 2.45) is 5.10 Å². The van der Waals surface area contributed by atoms with Gasteiger partial charge in [-0.3, -0.25) is 4.79 Å². The molecule has 0 N–H and O–H groups in total. The van der Waals surface area contributed by atoms with E-state index >= 15 is 0 Å². The molecule has 23 heavy (non-hydrogen) atoms. The summed E-state index contributed by atoms with van der Waals surface area (Å²) < 4.78 is 3.29. The monoisotopic (exact) mass is 453 g/mol. The van der Waals surface area contributed by atoms with E-state index in [4.69, 9.17) is 0 Å². The smallest absolute Gasteiger partial charge is 0.267 e. The number of fused-ring (bicyclic) bond motifs is 1. The van der Waals surface area contributed by atoms with Gasteiger partial charge in [0.05, 0.1) is 20.9 Å². The van der Waals surface area contributed by atoms with Crippen LogP contribution < -0.4 is 5.56 Å². The van der Waals surface area contributed by atoms with Crippen LogP contribution in [-0.4, -0.2) is 15.9 Å². The summed E-state index contributed by atoms with van der Waals surface area (Å²) >= 11 is 8.39. The van der Waals surface area contributed by atoms with E-state index in [-0.39, 0.29) is 5.56 Å². The maximum absolute atomic E-state index is 12.8. The maximum Gasteiger partial charge on any atom is 0.282 e. The Morgan fingerprint density at radius 3 is 2.83 bits per heavy atom. The number of thiophene rings is 1. The highest BCUT2D eigenvalue weighted by Crippen LogP contribution is 2.21. The zero-order valence-electron chi connectivity index (χ0n) is 12.3. The fourth-order valence-electron chi connectivity index (χ4n) is 2.21. The van der Waals surface area contributed by atoms with E-state index in [9.17, 15) is 4.79 Å². The molecule has 4 nitrogen and oxygen atoms in total. The summed E-state index contributed by atoms with van der Waals surface area (Å²) in [5.74, 6) is 0.680. The van der Waals surface area contributed by atoms with Crippen LogP contribution in [0.3, 0.4) is 0 Å². The SMILES string of the molecule is CCCc1nc2ccc(Br)cc2c(=O)n1N=Cc1ccc(Br)s1. The summed E-state index contributed by atoms with van der Waals surface area (Å²) in [4.78, 5) is 18.4. The van der Waals surface area contributed by atoms with Gasteiger partial charge in [-0.1, -0.05) is 22.9 Å². The van der Waals surface area contributed by atoms with E-state index in [2.05, 4.69) is 48.9 Å². The second-order valence-electron chi connectivity index (χ2n) is 4.94. The van der Waals surface area contributed by atoms with Gasteiger partial charge in [0.15, 0.2) is 0 Å². The Hall–Kier alpha value is -1.31. The summed E-state index contributed by atoms with van der Waals surface area (Å²) in [6, 6.07) is 9.44. The Balaban J connectivity index is 2.16. The topological polar surface area (TPSA) is 47.2 Å². The number of rotatable bonds is 4. The van der Waals surface area contributed by atoms with Crippen molar-refractivity contribution >= 4 is 60.3 Å². The molecular weight excluding hydrogens is 442 g/mol. The van der Waals surface area contributed by atoms with Gasteiger partial charge in [-0.25, -0.2) is 4.98 Å². The third-order valence-corrected chi connectivity index (χ3v) is 5.29. The first-order valence-electron chi connectivity index (χ1n) is 7.09. The summed E-state index contributed by atoms with van der Waals surface area (Å²) in [6.45, 7) is 2.06. The van der Waals surface area contributed by atoms with Crippen LogP contribution in [0.25, 0.3) is 10.9 Å².